The highest BCUT2D eigenvalue weighted by atomic mass is 127. The van der Waals surface area contributed by atoms with Crippen LogP contribution in [0.2, 0.25) is 0 Å². The van der Waals surface area contributed by atoms with E-state index in [0.717, 1.165) is 18.8 Å². The van der Waals surface area contributed by atoms with Gasteiger partial charge < -0.3 is 11.1 Å². The second-order valence-electron chi connectivity index (χ2n) is 3.76. The van der Waals surface area contributed by atoms with Crippen LogP contribution in [0.1, 0.15) is 10.7 Å². The van der Waals surface area contributed by atoms with Crippen LogP contribution in [-0.2, 0) is 20.0 Å². The monoisotopic (exact) mass is 392 g/mol. The fourth-order valence-corrected chi connectivity index (χ4v) is 2.15. The van der Waals surface area contributed by atoms with E-state index in [-0.39, 0.29) is 24.0 Å². The molecule has 0 aromatic carbocycles. The van der Waals surface area contributed by atoms with Gasteiger partial charge in [-0.1, -0.05) is 6.07 Å². The lowest BCUT2D eigenvalue weighted by Gasteiger charge is -2.04. The molecule has 0 amide bonds. The molecule has 0 spiro atoms. The number of guanidine groups is 1. The molecule has 19 heavy (non-hydrogen) atoms. The van der Waals surface area contributed by atoms with Crippen LogP contribution in [0.25, 0.3) is 0 Å². The average Bonchev–Trinajstić information content (AvgIpc) is 2.98. The molecule has 0 aliphatic heterocycles. The average molecular weight is 392 g/mol. The van der Waals surface area contributed by atoms with E-state index >= 15 is 0 Å². The lowest BCUT2D eigenvalue weighted by atomic mass is 10.3. The summed E-state index contributed by atoms with van der Waals surface area (Å²) >= 11 is 1.75. The minimum absolute atomic E-state index is 0. The van der Waals surface area contributed by atoms with Crippen LogP contribution < -0.4 is 11.1 Å². The maximum Gasteiger partial charge on any atom is 0.189 e. The maximum absolute atomic E-state index is 5.76. The fraction of sp³-hybridized carbons (Fsp3) is 0.364. The molecule has 0 atom stereocenters. The molecule has 0 aliphatic rings. The largest absolute Gasteiger partial charge is 0.370 e. The van der Waals surface area contributed by atoms with Gasteiger partial charge in [-0.3, -0.25) is 4.68 Å². The van der Waals surface area contributed by atoms with Crippen molar-refractivity contribution in [1.82, 2.24) is 20.1 Å². The second-order valence-corrected chi connectivity index (χ2v) is 4.79. The minimum Gasteiger partial charge on any atom is -0.370 e. The van der Waals surface area contributed by atoms with Gasteiger partial charge in [-0.2, -0.15) is 5.10 Å². The fourth-order valence-electron chi connectivity index (χ4n) is 1.44. The van der Waals surface area contributed by atoms with Crippen LogP contribution >= 0.6 is 35.3 Å². The number of hydrogen-bond acceptors (Lipinski definition) is 4. The second kappa shape index (κ2) is 8.10. The van der Waals surface area contributed by atoms with Crippen molar-refractivity contribution in [2.45, 2.75) is 13.0 Å². The lowest BCUT2D eigenvalue weighted by molar-refractivity contribution is 0.700. The SMILES string of the molecule is Cn1ncnc1CN=C(N)NCCc1cccs1.I. The van der Waals surface area contributed by atoms with Crippen molar-refractivity contribution in [3.63, 3.8) is 0 Å². The first kappa shape index (κ1) is 15.9. The van der Waals surface area contributed by atoms with Gasteiger partial charge in [0.25, 0.3) is 0 Å². The van der Waals surface area contributed by atoms with E-state index in [1.54, 1.807) is 16.0 Å². The normalized spacial score (nSPS) is 11.1. The van der Waals surface area contributed by atoms with E-state index in [4.69, 9.17) is 5.73 Å². The third-order valence-corrected chi connectivity index (χ3v) is 3.39. The van der Waals surface area contributed by atoms with Crippen molar-refractivity contribution in [3.8, 4) is 0 Å². The number of aromatic nitrogens is 3. The topological polar surface area (TPSA) is 81.1 Å². The molecule has 2 heterocycles. The standard InChI is InChI=1S/C11H16N6S.HI/c1-17-10(15-8-16-17)7-14-11(12)13-5-4-9-3-2-6-18-9;/h2-3,6,8H,4-5,7H2,1H3,(H3,12,13,14);1H. The Morgan fingerprint density at radius 2 is 2.42 bits per heavy atom. The van der Waals surface area contributed by atoms with Gasteiger partial charge in [-0.15, -0.1) is 35.3 Å². The Kier molecular flexibility index (Phi) is 6.78. The zero-order valence-corrected chi connectivity index (χ0v) is 13.8. The van der Waals surface area contributed by atoms with Crippen molar-refractivity contribution >= 4 is 41.3 Å². The van der Waals surface area contributed by atoms with Gasteiger partial charge in [0.2, 0.25) is 0 Å². The summed E-state index contributed by atoms with van der Waals surface area (Å²) in [6.45, 7) is 1.23. The van der Waals surface area contributed by atoms with Gasteiger partial charge >= 0.3 is 0 Å². The highest BCUT2D eigenvalue weighted by Gasteiger charge is 1.99. The van der Waals surface area contributed by atoms with Gasteiger partial charge in [-0.25, -0.2) is 9.98 Å². The third kappa shape index (κ3) is 5.15. The molecule has 0 aliphatic carbocycles. The smallest absolute Gasteiger partial charge is 0.189 e. The first-order valence-electron chi connectivity index (χ1n) is 5.65. The first-order valence-corrected chi connectivity index (χ1v) is 6.52. The van der Waals surface area contributed by atoms with Gasteiger partial charge in [0, 0.05) is 18.5 Å². The zero-order valence-electron chi connectivity index (χ0n) is 10.6. The third-order valence-electron chi connectivity index (χ3n) is 2.45. The molecule has 104 valence electrons. The Bertz CT molecular complexity index is 507. The molecule has 8 heteroatoms. The van der Waals surface area contributed by atoms with Crippen molar-refractivity contribution in [1.29, 1.82) is 0 Å². The maximum atomic E-state index is 5.76. The predicted molar refractivity (Wildman–Crippen MR) is 87.8 cm³/mol. The van der Waals surface area contributed by atoms with E-state index in [9.17, 15) is 0 Å². The molecule has 2 rings (SSSR count). The molecule has 0 saturated carbocycles. The van der Waals surface area contributed by atoms with Crippen LogP contribution in [0.15, 0.2) is 28.8 Å². The lowest BCUT2D eigenvalue weighted by Crippen LogP contribution is -2.33. The Morgan fingerprint density at radius 1 is 1.58 bits per heavy atom. The molecular weight excluding hydrogens is 375 g/mol. The van der Waals surface area contributed by atoms with Crippen LogP contribution in [0, 0.1) is 0 Å². The molecule has 0 fully saturated rings. The molecule has 0 unspecified atom stereocenters. The summed E-state index contributed by atoms with van der Waals surface area (Å²) in [4.78, 5) is 9.62. The van der Waals surface area contributed by atoms with Gasteiger partial charge in [-0.05, 0) is 17.9 Å². The summed E-state index contributed by atoms with van der Waals surface area (Å²) in [6.07, 6.45) is 2.46. The number of aryl methyl sites for hydroxylation is 1. The summed E-state index contributed by atoms with van der Waals surface area (Å²) in [5, 5.41) is 9.12. The molecule has 2 aromatic heterocycles. The highest BCUT2D eigenvalue weighted by molar-refractivity contribution is 14.0. The molecule has 6 nitrogen and oxygen atoms in total. The summed E-state index contributed by atoms with van der Waals surface area (Å²) < 4.78 is 1.68. The first-order chi connectivity index (χ1) is 8.75. The number of thiophene rings is 1. The molecule has 3 N–H and O–H groups in total. The Morgan fingerprint density at radius 3 is 3.05 bits per heavy atom. The number of nitrogens with two attached hydrogens (primary N) is 1. The van der Waals surface area contributed by atoms with E-state index in [0.29, 0.717) is 12.5 Å². The number of halogens is 1. The van der Waals surface area contributed by atoms with Crippen molar-refractivity contribution in [2.24, 2.45) is 17.8 Å². The van der Waals surface area contributed by atoms with Gasteiger partial charge in [0.05, 0.1) is 0 Å². The molecular formula is C11H17IN6S. The number of rotatable bonds is 5. The van der Waals surface area contributed by atoms with Gasteiger partial charge in [0.15, 0.2) is 5.96 Å². The Labute approximate surface area is 133 Å². The molecule has 0 saturated heterocycles. The highest BCUT2D eigenvalue weighted by Crippen LogP contribution is 2.07. The number of nitrogens with one attached hydrogen (secondary N) is 1. The number of aliphatic imine (C=N–C) groups is 1. The zero-order chi connectivity index (χ0) is 12.8. The minimum atomic E-state index is 0. The molecule has 2 aromatic rings. The predicted octanol–water partition coefficient (Wildman–Crippen LogP) is 1.14. The van der Waals surface area contributed by atoms with Crippen molar-refractivity contribution in [2.75, 3.05) is 6.54 Å². The summed E-state index contributed by atoms with van der Waals surface area (Å²) in [5.41, 5.74) is 5.76. The number of nitrogens with zero attached hydrogens (tertiary/aromatic N) is 4. The molecule has 0 radical (unpaired) electrons. The quantitative estimate of drug-likeness (QED) is 0.454. The Balaban J connectivity index is 0.00000180. The van der Waals surface area contributed by atoms with Crippen LogP contribution in [0.4, 0.5) is 0 Å². The summed E-state index contributed by atoms with van der Waals surface area (Å²) in [7, 11) is 1.83. The molecule has 0 bridgehead atoms. The van der Waals surface area contributed by atoms with Crippen LogP contribution in [0.3, 0.4) is 0 Å². The van der Waals surface area contributed by atoms with E-state index in [1.165, 1.54) is 11.2 Å². The number of hydrogen-bond donors (Lipinski definition) is 2. The van der Waals surface area contributed by atoms with E-state index < -0.39 is 0 Å². The van der Waals surface area contributed by atoms with Crippen molar-refractivity contribution in [3.05, 3.63) is 34.5 Å². The Hall–Kier alpha value is -1.16. The summed E-state index contributed by atoms with van der Waals surface area (Å²) in [5.74, 6) is 1.23. The van der Waals surface area contributed by atoms with Crippen LogP contribution in [-0.4, -0.2) is 27.3 Å². The summed E-state index contributed by atoms with van der Waals surface area (Å²) in [6, 6.07) is 4.16. The van der Waals surface area contributed by atoms with Crippen molar-refractivity contribution < 1.29 is 0 Å². The van der Waals surface area contributed by atoms with E-state index in [1.807, 2.05) is 13.1 Å². The van der Waals surface area contributed by atoms with Gasteiger partial charge in [0.1, 0.15) is 18.7 Å². The van der Waals surface area contributed by atoms with E-state index in [2.05, 4.69) is 31.8 Å². The van der Waals surface area contributed by atoms with Crippen LogP contribution in [0.5, 0.6) is 0 Å².